The van der Waals surface area contributed by atoms with Crippen LogP contribution in [-0.2, 0) is 21.2 Å². The molecule has 1 aliphatic rings. The summed E-state index contributed by atoms with van der Waals surface area (Å²) in [5, 5.41) is 5.53. The molecular weight excluding hydrogens is 489 g/mol. The highest BCUT2D eigenvalue weighted by molar-refractivity contribution is 6.43. The van der Waals surface area contributed by atoms with E-state index in [1.165, 1.54) is 12.4 Å². The van der Waals surface area contributed by atoms with Crippen LogP contribution in [0.1, 0.15) is 24.5 Å². The third kappa shape index (κ3) is 4.26. The molecule has 9 nitrogen and oxygen atoms in total. The van der Waals surface area contributed by atoms with Gasteiger partial charge in [0.1, 0.15) is 23.4 Å². The first-order valence-electron chi connectivity index (χ1n) is 11.0. The van der Waals surface area contributed by atoms with Crippen molar-refractivity contribution in [2.24, 2.45) is 10.8 Å². The quantitative estimate of drug-likeness (QED) is 0.416. The van der Waals surface area contributed by atoms with Crippen LogP contribution >= 0.6 is 0 Å². The largest absolute Gasteiger partial charge is 0.438 e. The average molecular weight is 508 g/mol. The molecule has 0 spiro atoms. The number of anilines is 1. The molecule has 1 unspecified atom stereocenters. The van der Waals surface area contributed by atoms with Gasteiger partial charge in [0.25, 0.3) is 5.91 Å². The van der Waals surface area contributed by atoms with Crippen LogP contribution in [0.15, 0.2) is 72.2 Å². The number of nitrogens with one attached hydrogen (secondary N) is 1. The second-order valence-corrected chi connectivity index (χ2v) is 8.59. The Labute approximate surface area is 207 Å². The summed E-state index contributed by atoms with van der Waals surface area (Å²) in [5.41, 5.74) is 4.00. The van der Waals surface area contributed by atoms with Crippen LogP contribution in [0.5, 0.6) is 11.6 Å². The molecule has 2 aromatic heterocycles. The van der Waals surface area contributed by atoms with E-state index >= 15 is 0 Å². The lowest BCUT2D eigenvalue weighted by molar-refractivity contribution is -0.137. The highest BCUT2D eigenvalue weighted by Crippen LogP contribution is 2.42. The summed E-state index contributed by atoms with van der Waals surface area (Å²) in [4.78, 5) is 37.1. The zero-order valence-electron chi connectivity index (χ0n) is 19.3. The standard InChI is InChI=1S/C25H19F3N6O3/c1-24(17-7-2-3-8-18(17)37-23-16-9-10-30-22(16)31-13-32-23)12-19(35)34(33-20(24)21(29)36)15-6-4-5-14(11-15)25(26,27)28/h2-11,13H,12H2,1H3,(H2,29,36)(H,30,31,32). The number of rotatable bonds is 5. The van der Waals surface area contributed by atoms with E-state index in [9.17, 15) is 22.8 Å². The van der Waals surface area contributed by atoms with Crippen LogP contribution in [-0.4, -0.2) is 32.5 Å². The number of nitrogens with two attached hydrogens (primary N) is 1. The number of ether oxygens (including phenoxy) is 1. The number of nitrogens with zero attached hydrogens (tertiary/aromatic N) is 4. The minimum absolute atomic E-state index is 0.138. The van der Waals surface area contributed by atoms with Gasteiger partial charge < -0.3 is 15.5 Å². The molecule has 2 amide bonds. The number of hydrogen-bond acceptors (Lipinski definition) is 6. The van der Waals surface area contributed by atoms with Crippen LogP contribution in [0, 0.1) is 0 Å². The van der Waals surface area contributed by atoms with Crippen molar-refractivity contribution in [3.05, 3.63) is 78.2 Å². The van der Waals surface area contributed by atoms with E-state index in [4.69, 9.17) is 10.5 Å². The maximum absolute atomic E-state index is 13.2. The summed E-state index contributed by atoms with van der Waals surface area (Å²) in [6, 6.07) is 12.6. The Morgan fingerprint density at radius 2 is 1.92 bits per heavy atom. The van der Waals surface area contributed by atoms with Gasteiger partial charge in [-0.15, -0.1) is 0 Å². The minimum atomic E-state index is -4.62. The molecule has 0 fully saturated rings. The van der Waals surface area contributed by atoms with Gasteiger partial charge in [-0.05, 0) is 37.3 Å². The second-order valence-electron chi connectivity index (χ2n) is 8.59. The number of hydrogen-bond donors (Lipinski definition) is 2. The zero-order chi connectivity index (χ0) is 26.4. The number of para-hydroxylation sites is 1. The van der Waals surface area contributed by atoms with Gasteiger partial charge in [0.15, 0.2) is 0 Å². The molecule has 0 radical (unpaired) electrons. The molecule has 37 heavy (non-hydrogen) atoms. The van der Waals surface area contributed by atoms with Crippen molar-refractivity contribution < 1.29 is 27.5 Å². The third-order valence-electron chi connectivity index (χ3n) is 6.12. The van der Waals surface area contributed by atoms with Crippen LogP contribution in [0.25, 0.3) is 11.0 Å². The van der Waals surface area contributed by atoms with Gasteiger partial charge in [-0.2, -0.15) is 18.3 Å². The van der Waals surface area contributed by atoms with E-state index in [1.54, 1.807) is 43.5 Å². The molecule has 12 heteroatoms. The number of aromatic amines is 1. The number of hydrazone groups is 1. The highest BCUT2D eigenvalue weighted by atomic mass is 19.4. The second kappa shape index (κ2) is 8.73. The summed E-state index contributed by atoms with van der Waals surface area (Å²) in [6.07, 6.45) is -1.93. The van der Waals surface area contributed by atoms with Gasteiger partial charge in [0, 0.05) is 18.2 Å². The van der Waals surface area contributed by atoms with Crippen LogP contribution in [0.3, 0.4) is 0 Å². The molecular formula is C25H19F3N6O3. The van der Waals surface area contributed by atoms with Gasteiger partial charge in [0.2, 0.25) is 11.8 Å². The number of amides is 2. The Balaban J connectivity index is 1.59. The molecule has 0 saturated carbocycles. The number of carbonyl (C=O) groups excluding carboxylic acids is 2. The zero-order valence-corrected chi connectivity index (χ0v) is 19.3. The number of aromatic nitrogens is 3. The SMILES string of the molecule is CC1(c2ccccc2Oc2ncnc3[nH]ccc23)CC(=O)N(c2cccc(C(F)(F)F)c2)N=C1C(N)=O. The van der Waals surface area contributed by atoms with Crippen LogP contribution in [0.2, 0.25) is 0 Å². The maximum atomic E-state index is 13.2. The lowest BCUT2D eigenvalue weighted by Crippen LogP contribution is -2.50. The Hall–Kier alpha value is -4.74. The summed E-state index contributed by atoms with van der Waals surface area (Å²) in [7, 11) is 0. The monoisotopic (exact) mass is 508 g/mol. The number of alkyl halides is 3. The van der Waals surface area contributed by atoms with Gasteiger partial charge in [-0.1, -0.05) is 24.3 Å². The van der Waals surface area contributed by atoms with Gasteiger partial charge in [0.05, 0.1) is 22.1 Å². The number of halogens is 3. The predicted molar refractivity (Wildman–Crippen MR) is 128 cm³/mol. The van der Waals surface area contributed by atoms with Gasteiger partial charge in [-0.3, -0.25) is 9.59 Å². The van der Waals surface area contributed by atoms with E-state index in [2.05, 4.69) is 20.1 Å². The Morgan fingerprint density at radius 1 is 1.14 bits per heavy atom. The Kier molecular flexibility index (Phi) is 5.66. The molecule has 3 heterocycles. The maximum Gasteiger partial charge on any atom is 0.416 e. The van der Waals surface area contributed by atoms with Gasteiger partial charge >= 0.3 is 6.18 Å². The van der Waals surface area contributed by atoms with Crippen molar-refractivity contribution in [3.8, 4) is 11.6 Å². The highest BCUT2D eigenvalue weighted by Gasteiger charge is 2.46. The first kappa shape index (κ1) is 24.0. The first-order valence-corrected chi connectivity index (χ1v) is 11.0. The van der Waals surface area contributed by atoms with Crippen molar-refractivity contribution in [1.29, 1.82) is 0 Å². The number of primary amides is 1. The van der Waals surface area contributed by atoms with E-state index in [1.807, 2.05) is 0 Å². The fraction of sp³-hybridized carbons (Fsp3) is 0.160. The number of fused-ring (bicyclic) bond motifs is 1. The molecule has 1 atom stereocenters. The lowest BCUT2D eigenvalue weighted by Gasteiger charge is -2.37. The van der Waals surface area contributed by atoms with Crippen molar-refractivity contribution in [2.45, 2.75) is 24.9 Å². The summed E-state index contributed by atoms with van der Waals surface area (Å²) >= 11 is 0. The van der Waals surface area contributed by atoms with Crippen molar-refractivity contribution in [1.82, 2.24) is 15.0 Å². The van der Waals surface area contributed by atoms with Crippen LogP contribution in [0.4, 0.5) is 18.9 Å². The molecule has 3 N–H and O–H groups in total. The normalized spacial score (nSPS) is 18.1. The van der Waals surface area contributed by atoms with E-state index in [0.29, 0.717) is 22.3 Å². The Morgan fingerprint density at radius 3 is 2.68 bits per heavy atom. The van der Waals surface area contributed by atoms with Crippen molar-refractivity contribution >= 4 is 34.2 Å². The molecule has 0 saturated heterocycles. The first-order chi connectivity index (χ1) is 17.6. The van der Waals surface area contributed by atoms with Crippen molar-refractivity contribution in [2.75, 3.05) is 5.01 Å². The smallest absolute Gasteiger partial charge is 0.416 e. The third-order valence-corrected chi connectivity index (χ3v) is 6.12. The number of carbonyl (C=O) groups is 2. The van der Waals surface area contributed by atoms with E-state index in [0.717, 1.165) is 23.2 Å². The molecule has 5 rings (SSSR count). The number of H-pyrrole nitrogens is 1. The van der Waals surface area contributed by atoms with E-state index < -0.39 is 29.0 Å². The predicted octanol–water partition coefficient (Wildman–Crippen LogP) is 4.30. The topological polar surface area (TPSA) is 127 Å². The fourth-order valence-corrected chi connectivity index (χ4v) is 4.33. The number of benzene rings is 2. The van der Waals surface area contributed by atoms with Gasteiger partial charge in [-0.25, -0.2) is 15.0 Å². The molecule has 0 aliphatic carbocycles. The van der Waals surface area contributed by atoms with E-state index in [-0.39, 0.29) is 23.7 Å². The average Bonchev–Trinajstić information content (AvgIpc) is 3.34. The summed E-state index contributed by atoms with van der Waals surface area (Å²) in [6.45, 7) is 1.60. The molecule has 2 aromatic carbocycles. The minimum Gasteiger partial charge on any atom is -0.438 e. The summed E-state index contributed by atoms with van der Waals surface area (Å²) in [5.74, 6) is -1.03. The lowest BCUT2D eigenvalue weighted by atomic mass is 9.73. The molecule has 0 bridgehead atoms. The van der Waals surface area contributed by atoms with Crippen molar-refractivity contribution in [3.63, 3.8) is 0 Å². The molecule has 1 aliphatic heterocycles. The fourth-order valence-electron chi connectivity index (χ4n) is 4.33. The molecule has 188 valence electrons. The van der Waals surface area contributed by atoms with Crippen LogP contribution < -0.4 is 15.5 Å². The Bertz CT molecular complexity index is 1560. The molecule has 4 aromatic rings. The summed E-state index contributed by atoms with van der Waals surface area (Å²) < 4.78 is 45.8.